The van der Waals surface area contributed by atoms with E-state index in [1.807, 2.05) is 31.2 Å². The number of ketones is 1. The molecule has 0 spiro atoms. The van der Waals surface area contributed by atoms with Crippen LogP contribution in [0.3, 0.4) is 0 Å². The molecule has 1 unspecified atom stereocenters. The Hall–Kier alpha value is -1.88. The number of hydrogen-bond donors (Lipinski definition) is 1. The second kappa shape index (κ2) is 6.93. The molecule has 1 aliphatic heterocycles. The van der Waals surface area contributed by atoms with Crippen molar-refractivity contribution in [2.75, 3.05) is 6.61 Å². The number of halogens is 1. The molecule has 0 amide bonds. The third-order valence-corrected chi connectivity index (χ3v) is 4.95. The van der Waals surface area contributed by atoms with Crippen molar-refractivity contribution in [2.24, 2.45) is 0 Å². The molecule has 0 fully saturated rings. The van der Waals surface area contributed by atoms with E-state index in [2.05, 4.69) is 21.2 Å². The summed E-state index contributed by atoms with van der Waals surface area (Å²) in [4.78, 5) is 25.2. The maximum atomic E-state index is 12.6. The first kappa shape index (κ1) is 17.0. The molecule has 0 radical (unpaired) electrons. The van der Waals surface area contributed by atoms with Crippen molar-refractivity contribution in [1.29, 1.82) is 0 Å². The van der Waals surface area contributed by atoms with Crippen LogP contribution in [0, 0.1) is 0 Å². The molecule has 4 nitrogen and oxygen atoms in total. The van der Waals surface area contributed by atoms with E-state index < -0.39 is 0 Å². The Morgan fingerprint density at radius 1 is 1.38 bits per heavy atom. The van der Waals surface area contributed by atoms with E-state index in [-0.39, 0.29) is 17.7 Å². The number of carbonyl (C=O) groups excluding carboxylic acids is 2. The van der Waals surface area contributed by atoms with Gasteiger partial charge >= 0.3 is 5.97 Å². The first-order chi connectivity index (χ1) is 11.5. The van der Waals surface area contributed by atoms with Crippen molar-refractivity contribution in [3.8, 4) is 0 Å². The molecule has 1 aromatic carbocycles. The SMILES string of the molecule is CCOC(=O)C1=C(C)NC2=C(C(=O)CCC2)C1c1cccc(Br)c1. The van der Waals surface area contributed by atoms with Crippen LogP contribution in [0.2, 0.25) is 0 Å². The topological polar surface area (TPSA) is 55.4 Å². The Morgan fingerprint density at radius 3 is 2.88 bits per heavy atom. The number of Topliss-reactive ketones (excluding diaryl/α,β-unsaturated/α-hetero) is 1. The molecule has 1 aromatic rings. The average Bonchev–Trinajstić information content (AvgIpc) is 2.54. The Labute approximate surface area is 150 Å². The molecule has 126 valence electrons. The molecule has 24 heavy (non-hydrogen) atoms. The number of esters is 1. The van der Waals surface area contributed by atoms with Crippen molar-refractivity contribution < 1.29 is 14.3 Å². The number of allylic oxidation sites excluding steroid dienone is 3. The fourth-order valence-electron chi connectivity index (χ4n) is 3.48. The second-order valence-electron chi connectivity index (χ2n) is 6.04. The Morgan fingerprint density at radius 2 is 2.17 bits per heavy atom. The third kappa shape index (κ3) is 3.05. The van der Waals surface area contributed by atoms with Crippen molar-refractivity contribution in [1.82, 2.24) is 5.32 Å². The number of benzene rings is 1. The average molecular weight is 390 g/mol. The summed E-state index contributed by atoms with van der Waals surface area (Å²) in [5.74, 6) is -0.619. The van der Waals surface area contributed by atoms with Crippen molar-refractivity contribution in [3.05, 3.63) is 56.8 Å². The van der Waals surface area contributed by atoms with E-state index in [9.17, 15) is 9.59 Å². The fourth-order valence-corrected chi connectivity index (χ4v) is 3.90. The highest BCUT2D eigenvalue weighted by Crippen LogP contribution is 2.42. The van der Waals surface area contributed by atoms with Gasteiger partial charge in [0, 0.05) is 33.8 Å². The summed E-state index contributed by atoms with van der Waals surface area (Å²) in [6.45, 7) is 3.97. The number of nitrogens with one attached hydrogen (secondary N) is 1. The van der Waals surface area contributed by atoms with E-state index in [0.717, 1.165) is 34.3 Å². The minimum atomic E-state index is -0.370. The summed E-state index contributed by atoms with van der Waals surface area (Å²) in [6, 6.07) is 7.78. The lowest BCUT2D eigenvalue weighted by Crippen LogP contribution is -2.34. The smallest absolute Gasteiger partial charge is 0.336 e. The van der Waals surface area contributed by atoms with Gasteiger partial charge in [-0.05, 0) is 44.4 Å². The van der Waals surface area contributed by atoms with Crippen LogP contribution in [-0.2, 0) is 14.3 Å². The molecule has 2 aliphatic rings. The van der Waals surface area contributed by atoms with Crippen LogP contribution in [0.25, 0.3) is 0 Å². The van der Waals surface area contributed by atoms with Gasteiger partial charge in [0.25, 0.3) is 0 Å². The Kier molecular flexibility index (Phi) is 4.90. The van der Waals surface area contributed by atoms with Crippen LogP contribution in [0.15, 0.2) is 51.3 Å². The van der Waals surface area contributed by atoms with Crippen LogP contribution in [0.5, 0.6) is 0 Å². The molecule has 0 bridgehead atoms. The van der Waals surface area contributed by atoms with Gasteiger partial charge in [0.1, 0.15) is 0 Å². The lowest BCUT2D eigenvalue weighted by atomic mass is 9.75. The number of ether oxygens (including phenoxy) is 1. The first-order valence-electron chi connectivity index (χ1n) is 8.19. The summed E-state index contributed by atoms with van der Waals surface area (Å²) in [5, 5.41) is 3.28. The lowest BCUT2D eigenvalue weighted by Gasteiger charge is -2.34. The van der Waals surface area contributed by atoms with Gasteiger partial charge in [-0.15, -0.1) is 0 Å². The number of carbonyl (C=O) groups is 2. The van der Waals surface area contributed by atoms with E-state index >= 15 is 0 Å². The van der Waals surface area contributed by atoms with Gasteiger partial charge in [0.15, 0.2) is 5.78 Å². The molecular weight excluding hydrogens is 370 g/mol. The largest absolute Gasteiger partial charge is 0.463 e. The zero-order chi connectivity index (χ0) is 17.3. The Balaban J connectivity index is 2.17. The van der Waals surface area contributed by atoms with E-state index in [1.165, 1.54) is 0 Å². The zero-order valence-corrected chi connectivity index (χ0v) is 15.4. The number of dihydropyridines is 1. The standard InChI is InChI=1S/C19H20BrNO3/c1-3-24-19(23)16-11(2)21-14-8-5-9-15(22)18(14)17(16)12-6-4-7-13(20)10-12/h4,6-7,10,17,21H,3,5,8-9H2,1-2H3. The van der Waals surface area contributed by atoms with E-state index in [1.54, 1.807) is 6.92 Å². The van der Waals surface area contributed by atoms with Gasteiger partial charge in [0.05, 0.1) is 12.2 Å². The normalized spacial score (nSPS) is 20.6. The van der Waals surface area contributed by atoms with Crippen molar-refractivity contribution in [2.45, 2.75) is 39.0 Å². The minimum absolute atomic E-state index is 0.114. The molecular formula is C19H20BrNO3. The Bertz CT molecular complexity index is 764. The van der Waals surface area contributed by atoms with Crippen LogP contribution >= 0.6 is 15.9 Å². The van der Waals surface area contributed by atoms with Gasteiger partial charge in [-0.25, -0.2) is 4.79 Å². The predicted octanol–water partition coefficient (Wildman–Crippen LogP) is 3.98. The van der Waals surface area contributed by atoms with Crippen LogP contribution in [0.4, 0.5) is 0 Å². The molecule has 5 heteroatoms. The number of rotatable bonds is 3. The van der Waals surface area contributed by atoms with Gasteiger partial charge in [0.2, 0.25) is 0 Å². The van der Waals surface area contributed by atoms with Gasteiger partial charge in [-0.1, -0.05) is 28.1 Å². The first-order valence-corrected chi connectivity index (χ1v) is 8.98. The van der Waals surface area contributed by atoms with Gasteiger partial charge < -0.3 is 10.1 Å². The van der Waals surface area contributed by atoms with Gasteiger partial charge in [-0.3, -0.25) is 4.79 Å². The van der Waals surface area contributed by atoms with Crippen LogP contribution in [-0.4, -0.2) is 18.4 Å². The maximum absolute atomic E-state index is 12.6. The second-order valence-corrected chi connectivity index (χ2v) is 6.96. The summed E-state index contributed by atoms with van der Waals surface area (Å²) in [7, 11) is 0. The summed E-state index contributed by atoms with van der Waals surface area (Å²) in [5.41, 5.74) is 3.89. The van der Waals surface area contributed by atoms with Crippen molar-refractivity contribution in [3.63, 3.8) is 0 Å². The summed E-state index contributed by atoms with van der Waals surface area (Å²) >= 11 is 3.49. The molecule has 1 heterocycles. The quantitative estimate of drug-likeness (QED) is 0.794. The molecule has 1 atom stereocenters. The monoisotopic (exact) mass is 389 g/mol. The van der Waals surface area contributed by atoms with Crippen LogP contribution in [0.1, 0.15) is 44.6 Å². The predicted molar refractivity (Wildman–Crippen MR) is 95.2 cm³/mol. The highest BCUT2D eigenvalue weighted by molar-refractivity contribution is 9.10. The third-order valence-electron chi connectivity index (χ3n) is 4.45. The van der Waals surface area contributed by atoms with Crippen molar-refractivity contribution >= 4 is 27.7 Å². The highest BCUT2D eigenvalue weighted by Gasteiger charge is 2.38. The summed E-state index contributed by atoms with van der Waals surface area (Å²) < 4.78 is 6.19. The fraction of sp³-hybridized carbons (Fsp3) is 0.368. The van der Waals surface area contributed by atoms with Crippen LogP contribution < -0.4 is 5.32 Å². The van der Waals surface area contributed by atoms with E-state index in [4.69, 9.17) is 4.74 Å². The van der Waals surface area contributed by atoms with E-state index in [0.29, 0.717) is 24.2 Å². The maximum Gasteiger partial charge on any atom is 0.336 e. The summed E-state index contributed by atoms with van der Waals surface area (Å²) in [6.07, 6.45) is 2.21. The highest BCUT2D eigenvalue weighted by atomic mass is 79.9. The number of hydrogen-bond acceptors (Lipinski definition) is 4. The molecule has 0 saturated heterocycles. The molecule has 0 aromatic heterocycles. The molecule has 3 rings (SSSR count). The molecule has 1 aliphatic carbocycles. The minimum Gasteiger partial charge on any atom is -0.463 e. The molecule has 1 N–H and O–H groups in total. The van der Waals surface area contributed by atoms with Gasteiger partial charge in [-0.2, -0.15) is 0 Å². The lowest BCUT2D eigenvalue weighted by molar-refractivity contribution is -0.138. The molecule has 0 saturated carbocycles. The zero-order valence-electron chi connectivity index (χ0n) is 13.8.